The third-order valence-electron chi connectivity index (χ3n) is 4.67. The molecule has 0 saturated carbocycles. The van der Waals surface area contributed by atoms with Gasteiger partial charge in [-0.25, -0.2) is 14.7 Å². The number of methoxy groups -OCH3 is 1. The molecule has 2 aromatic rings. The van der Waals surface area contributed by atoms with Crippen LogP contribution in [0.5, 0.6) is 5.75 Å². The molecule has 1 aromatic heterocycles. The van der Waals surface area contributed by atoms with E-state index < -0.39 is 11.7 Å². The summed E-state index contributed by atoms with van der Waals surface area (Å²) in [5.41, 5.74) is -0.700. The standard InChI is InChI=1S/C20H27F3N6O2/c1-3-24-19(25-10-11-31-16-7-4-14(5-8-16)20(21,22)23)26-15-6-9-18-27-17(13-30-2)28-29(18)12-15/h4-5,7-8,15H,3,6,9-13H2,1-2H3,(H2,24,25,26). The lowest BCUT2D eigenvalue weighted by Crippen LogP contribution is -2.47. The molecule has 1 atom stereocenters. The van der Waals surface area contributed by atoms with Crippen LogP contribution in [0.25, 0.3) is 0 Å². The summed E-state index contributed by atoms with van der Waals surface area (Å²) in [5.74, 6) is 2.67. The van der Waals surface area contributed by atoms with Crippen LogP contribution in [0, 0.1) is 0 Å². The molecular formula is C20H27F3N6O2. The van der Waals surface area contributed by atoms with Crippen molar-refractivity contribution in [2.45, 2.75) is 45.1 Å². The van der Waals surface area contributed by atoms with Crippen LogP contribution in [0.2, 0.25) is 0 Å². The van der Waals surface area contributed by atoms with Crippen molar-refractivity contribution < 1.29 is 22.6 Å². The average molecular weight is 440 g/mol. The second kappa shape index (κ2) is 10.5. The zero-order valence-corrected chi connectivity index (χ0v) is 17.6. The van der Waals surface area contributed by atoms with Crippen LogP contribution in [-0.2, 0) is 30.5 Å². The van der Waals surface area contributed by atoms with Crippen LogP contribution in [0.4, 0.5) is 13.2 Å². The minimum absolute atomic E-state index is 0.151. The molecule has 2 N–H and O–H groups in total. The number of ether oxygens (including phenoxy) is 2. The number of nitrogens with zero attached hydrogens (tertiary/aromatic N) is 4. The van der Waals surface area contributed by atoms with Gasteiger partial charge in [0.2, 0.25) is 0 Å². The normalized spacial score (nSPS) is 16.7. The van der Waals surface area contributed by atoms with Gasteiger partial charge in [-0.1, -0.05) is 0 Å². The summed E-state index contributed by atoms with van der Waals surface area (Å²) in [7, 11) is 1.62. The van der Waals surface area contributed by atoms with Crippen LogP contribution in [0.15, 0.2) is 29.3 Å². The van der Waals surface area contributed by atoms with Crippen molar-refractivity contribution in [1.82, 2.24) is 25.4 Å². The molecule has 0 radical (unpaired) electrons. The van der Waals surface area contributed by atoms with Crippen LogP contribution in [0.1, 0.15) is 30.6 Å². The zero-order valence-electron chi connectivity index (χ0n) is 17.6. The number of aromatic nitrogens is 3. The molecule has 0 fully saturated rings. The molecule has 8 nitrogen and oxygen atoms in total. The lowest BCUT2D eigenvalue weighted by molar-refractivity contribution is -0.137. The Balaban J connectivity index is 1.49. The molecule has 0 aliphatic carbocycles. The number of aliphatic imine (C=N–C) groups is 1. The third-order valence-corrected chi connectivity index (χ3v) is 4.67. The molecule has 3 rings (SSSR count). The van der Waals surface area contributed by atoms with E-state index in [2.05, 4.69) is 25.7 Å². The van der Waals surface area contributed by atoms with Crippen molar-refractivity contribution in [2.24, 2.45) is 4.99 Å². The fourth-order valence-corrected chi connectivity index (χ4v) is 3.24. The van der Waals surface area contributed by atoms with E-state index in [-0.39, 0.29) is 12.6 Å². The Morgan fingerprint density at radius 1 is 1.29 bits per heavy atom. The summed E-state index contributed by atoms with van der Waals surface area (Å²) in [6.45, 7) is 4.35. The van der Waals surface area contributed by atoms with E-state index in [1.165, 1.54) is 12.1 Å². The number of hydrogen-bond donors (Lipinski definition) is 2. The summed E-state index contributed by atoms with van der Waals surface area (Å²) in [6, 6.07) is 4.78. The van der Waals surface area contributed by atoms with Crippen LogP contribution in [0.3, 0.4) is 0 Å². The van der Waals surface area contributed by atoms with Crippen molar-refractivity contribution in [3.63, 3.8) is 0 Å². The molecule has 11 heteroatoms. The number of alkyl halides is 3. The molecule has 1 aliphatic rings. The summed E-state index contributed by atoms with van der Waals surface area (Å²) in [6.07, 6.45) is -2.64. The Morgan fingerprint density at radius 3 is 2.74 bits per heavy atom. The second-order valence-electron chi connectivity index (χ2n) is 7.07. The number of benzene rings is 1. The van der Waals surface area contributed by atoms with E-state index in [9.17, 15) is 13.2 Å². The number of nitrogens with one attached hydrogen (secondary N) is 2. The smallest absolute Gasteiger partial charge is 0.416 e. The minimum atomic E-state index is -4.35. The maximum Gasteiger partial charge on any atom is 0.416 e. The Labute approximate surface area is 178 Å². The Bertz CT molecular complexity index is 867. The summed E-state index contributed by atoms with van der Waals surface area (Å²) in [5, 5.41) is 11.1. The van der Waals surface area contributed by atoms with Gasteiger partial charge in [0, 0.05) is 26.1 Å². The maximum absolute atomic E-state index is 12.6. The number of hydrogen-bond acceptors (Lipinski definition) is 5. The Morgan fingerprint density at radius 2 is 2.06 bits per heavy atom. The highest BCUT2D eigenvalue weighted by molar-refractivity contribution is 5.80. The highest BCUT2D eigenvalue weighted by Crippen LogP contribution is 2.30. The largest absolute Gasteiger partial charge is 0.492 e. The summed E-state index contributed by atoms with van der Waals surface area (Å²) >= 11 is 0. The molecule has 1 unspecified atom stereocenters. The molecule has 1 aliphatic heterocycles. The van der Waals surface area contributed by atoms with E-state index >= 15 is 0 Å². The van der Waals surface area contributed by atoms with Gasteiger partial charge in [-0.2, -0.15) is 18.3 Å². The van der Waals surface area contributed by atoms with E-state index in [0.29, 0.717) is 43.8 Å². The first-order valence-electron chi connectivity index (χ1n) is 10.2. The Kier molecular flexibility index (Phi) is 7.72. The van der Waals surface area contributed by atoms with Crippen LogP contribution < -0.4 is 15.4 Å². The highest BCUT2D eigenvalue weighted by atomic mass is 19.4. The maximum atomic E-state index is 12.6. The lowest BCUT2D eigenvalue weighted by atomic mass is 10.1. The fourth-order valence-electron chi connectivity index (χ4n) is 3.24. The molecular weight excluding hydrogens is 413 g/mol. The number of halogens is 3. The quantitative estimate of drug-likeness (QED) is 0.373. The molecule has 0 amide bonds. The fraction of sp³-hybridized carbons (Fsp3) is 0.550. The van der Waals surface area contributed by atoms with Crippen molar-refractivity contribution in [3.05, 3.63) is 41.5 Å². The molecule has 2 heterocycles. The number of guanidine groups is 1. The molecule has 0 bridgehead atoms. The minimum Gasteiger partial charge on any atom is -0.492 e. The first-order valence-corrected chi connectivity index (χ1v) is 10.2. The van der Waals surface area contributed by atoms with Gasteiger partial charge in [0.05, 0.1) is 18.7 Å². The number of fused-ring (bicyclic) bond motifs is 1. The van der Waals surface area contributed by atoms with Crippen molar-refractivity contribution in [1.29, 1.82) is 0 Å². The molecule has 0 saturated heterocycles. The monoisotopic (exact) mass is 440 g/mol. The average Bonchev–Trinajstić information content (AvgIpc) is 3.13. The Hall–Kier alpha value is -2.82. The van der Waals surface area contributed by atoms with Gasteiger partial charge in [0.15, 0.2) is 11.8 Å². The predicted octanol–water partition coefficient (Wildman–Crippen LogP) is 2.39. The second-order valence-corrected chi connectivity index (χ2v) is 7.07. The van der Waals surface area contributed by atoms with Crippen molar-refractivity contribution in [2.75, 3.05) is 26.8 Å². The van der Waals surface area contributed by atoms with E-state index in [0.717, 1.165) is 30.8 Å². The van der Waals surface area contributed by atoms with Crippen LogP contribution >= 0.6 is 0 Å². The topological polar surface area (TPSA) is 85.6 Å². The highest BCUT2D eigenvalue weighted by Gasteiger charge is 2.30. The summed E-state index contributed by atoms with van der Waals surface area (Å²) < 4.78 is 50.3. The number of aryl methyl sites for hydroxylation is 1. The van der Waals surface area contributed by atoms with Crippen molar-refractivity contribution in [3.8, 4) is 5.75 Å². The van der Waals surface area contributed by atoms with Gasteiger partial charge in [0.1, 0.15) is 24.8 Å². The first-order chi connectivity index (χ1) is 14.9. The van der Waals surface area contributed by atoms with E-state index in [1.54, 1.807) is 7.11 Å². The van der Waals surface area contributed by atoms with Gasteiger partial charge in [-0.15, -0.1) is 0 Å². The molecule has 31 heavy (non-hydrogen) atoms. The van der Waals surface area contributed by atoms with Gasteiger partial charge in [0.25, 0.3) is 0 Å². The first kappa shape index (κ1) is 22.9. The SMILES string of the molecule is CCNC(=NCCOc1ccc(C(F)(F)F)cc1)NC1CCc2nc(COC)nn2C1. The molecule has 0 spiro atoms. The van der Waals surface area contributed by atoms with E-state index in [1.807, 2.05) is 11.6 Å². The zero-order chi connectivity index (χ0) is 22.3. The molecule has 170 valence electrons. The van der Waals surface area contributed by atoms with Crippen LogP contribution in [-0.4, -0.2) is 53.6 Å². The van der Waals surface area contributed by atoms with Gasteiger partial charge in [-0.3, -0.25) is 0 Å². The molecule has 1 aromatic carbocycles. The van der Waals surface area contributed by atoms with Gasteiger partial charge in [-0.05, 0) is 37.6 Å². The van der Waals surface area contributed by atoms with E-state index in [4.69, 9.17) is 9.47 Å². The lowest BCUT2D eigenvalue weighted by Gasteiger charge is -2.25. The predicted molar refractivity (Wildman–Crippen MR) is 109 cm³/mol. The van der Waals surface area contributed by atoms with Gasteiger partial charge < -0.3 is 20.1 Å². The number of rotatable bonds is 8. The van der Waals surface area contributed by atoms with Crippen molar-refractivity contribution >= 4 is 5.96 Å². The summed E-state index contributed by atoms with van der Waals surface area (Å²) in [4.78, 5) is 8.97. The third kappa shape index (κ3) is 6.58. The van der Waals surface area contributed by atoms with Gasteiger partial charge >= 0.3 is 6.18 Å².